The number of sulfone groups is 1. The molecule has 0 bridgehead atoms. The maximum absolute atomic E-state index is 12.2. The zero-order valence-corrected chi connectivity index (χ0v) is 13.9. The SMILES string of the molecule is CCOc1ccc(C(=O)Nc2cccc(S(=O)(=O)CC)c2)cc1. The highest BCUT2D eigenvalue weighted by molar-refractivity contribution is 7.91. The number of benzene rings is 2. The van der Waals surface area contributed by atoms with Gasteiger partial charge in [0.2, 0.25) is 0 Å². The standard InChI is InChI=1S/C17H19NO4S/c1-3-22-15-10-8-13(9-11-15)17(19)18-14-6-5-7-16(12-14)23(20,21)4-2/h5-12H,3-4H2,1-2H3,(H,18,19). The molecule has 0 aromatic heterocycles. The molecule has 122 valence electrons. The Balaban J connectivity index is 2.15. The molecule has 0 fully saturated rings. The van der Waals surface area contributed by atoms with E-state index in [2.05, 4.69) is 5.32 Å². The van der Waals surface area contributed by atoms with Crippen molar-refractivity contribution >= 4 is 21.4 Å². The van der Waals surface area contributed by atoms with Crippen LogP contribution in [-0.4, -0.2) is 26.7 Å². The molecule has 0 spiro atoms. The van der Waals surface area contributed by atoms with Crippen LogP contribution >= 0.6 is 0 Å². The fourth-order valence-electron chi connectivity index (χ4n) is 2.01. The third-order valence-corrected chi connectivity index (χ3v) is 4.99. The number of rotatable bonds is 6. The minimum atomic E-state index is -3.30. The van der Waals surface area contributed by atoms with Crippen LogP contribution in [0.15, 0.2) is 53.4 Å². The lowest BCUT2D eigenvalue weighted by molar-refractivity contribution is 0.102. The van der Waals surface area contributed by atoms with E-state index in [1.807, 2.05) is 6.92 Å². The minimum Gasteiger partial charge on any atom is -0.494 e. The van der Waals surface area contributed by atoms with Crippen molar-refractivity contribution in [3.8, 4) is 5.75 Å². The van der Waals surface area contributed by atoms with Crippen LogP contribution in [0.5, 0.6) is 5.75 Å². The van der Waals surface area contributed by atoms with Crippen molar-refractivity contribution in [3.63, 3.8) is 0 Å². The number of anilines is 1. The molecule has 1 amide bonds. The quantitative estimate of drug-likeness (QED) is 0.881. The molecule has 0 aliphatic rings. The Hall–Kier alpha value is -2.34. The van der Waals surface area contributed by atoms with Crippen LogP contribution in [0, 0.1) is 0 Å². The molecule has 5 nitrogen and oxygen atoms in total. The van der Waals surface area contributed by atoms with E-state index in [1.54, 1.807) is 43.3 Å². The molecule has 0 unspecified atom stereocenters. The molecule has 0 saturated heterocycles. The maximum Gasteiger partial charge on any atom is 0.255 e. The van der Waals surface area contributed by atoms with Crippen molar-refractivity contribution in [1.82, 2.24) is 0 Å². The second kappa shape index (κ2) is 7.28. The summed E-state index contributed by atoms with van der Waals surface area (Å²) < 4.78 is 29.1. The van der Waals surface area contributed by atoms with Crippen LogP contribution in [0.25, 0.3) is 0 Å². The van der Waals surface area contributed by atoms with Crippen molar-refractivity contribution in [1.29, 1.82) is 0 Å². The molecule has 2 rings (SSSR count). The molecule has 1 N–H and O–H groups in total. The Morgan fingerprint density at radius 1 is 1.09 bits per heavy atom. The Bertz CT molecular complexity index is 782. The summed E-state index contributed by atoms with van der Waals surface area (Å²) in [6.45, 7) is 4.03. The Kier molecular flexibility index (Phi) is 5.39. The first-order chi connectivity index (χ1) is 11.0. The van der Waals surface area contributed by atoms with Gasteiger partial charge in [0, 0.05) is 11.3 Å². The number of amides is 1. The van der Waals surface area contributed by atoms with Crippen LogP contribution in [0.1, 0.15) is 24.2 Å². The molecule has 0 radical (unpaired) electrons. The number of hydrogen-bond donors (Lipinski definition) is 1. The van der Waals surface area contributed by atoms with E-state index < -0.39 is 9.84 Å². The minimum absolute atomic E-state index is 0.0172. The van der Waals surface area contributed by atoms with Crippen molar-refractivity contribution in [2.45, 2.75) is 18.7 Å². The number of nitrogens with one attached hydrogen (secondary N) is 1. The molecule has 6 heteroatoms. The first-order valence-electron chi connectivity index (χ1n) is 7.33. The smallest absolute Gasteiger partial charge is 0.255 e. The molecular formula is C17H19NO4S. The first kappa shape index (κ1) is 17.0. The van der Waals surface area contributed by atoms with E-state index in [9.17, 15) is 13.2 Å². The first-order valence-corrected chi connectivity index (χ1v) is 8.98. The Morgan fingerprint density at radius 2 is 1.78 bits per heavy atom. The van der Waals surface area contributed by atoms with E-state index in [0.717, 1.165) is 0 Å². The van der Waals surface area contributed by atoms with Crippen LogP contribution in [0.2, 0.25) is 0 Å². The van der Waals surface area contributed by atoms with Gasteiger partial charge in [-0.15, -0.1) is 0 Å². The monoisotopic (exact) mass is 333 g/mol. The zero-order chi connectivity index (χ0) is 16.9. The fraction of sp³-hybridized carbons (Fsp3) is 0.235. The summed E-state index contributed by atoms with van der Waals surface area (Å²) in [5.41, 5.74) is 0.913. The summed E-state index contributed by atoms with van der Waals surface area (Å²) in [4.78, 5) is 12.4. The lowest BCUT2D eigenvalue weighted by Gasteiger charge is -2.08. The fourth-order valence-corrected chi connectivity index (χ4v) is 2.93. The normalized spacial score (nSPS) is 11.0. The molecular weight excluding hydrogens is 314 g/mol. The van der Waals surface area contributed by atoms with Gasteiger partial charge < -0.3 is 10.1 Å². The van der Waals surface area contributed by atoms with Gasteiger partial charge in [0.25, 0.3) is 5.91 Å². The zero-order valence-electron chi connectivity index (χ0n) is 13.1. The van der Waals surface area contributed by atoms with Gasteiger partial charge in [-0.25, -0.2) is 8.42 Å². The van der Waals surface area contributed by atoms with Gasteiger partial charge in [-0.2, -0.15) is 0 Å². The number of carbonyl (C=O) groups excluding carboxylic acids is 1. The van der Waals surface area contributed by atoms with Crippen LogP contribution in [0.4, 0.5) is 5.69 Å². The van der Waals surface area contributed by atoms with Gasteiger partial charge in [-0.05, 0) is 49.4 Å². The Labute approximate surface area is 136 Å². The Morgan fingerprint density at radius 3 is 2.39 bits per heavy atom. The summed E-state index contributed by atoms with van der Waals surface area (Å²) >= 11 is 0. The van der Waals surface area contributed by atoms with Crippen molar-refractivity contribution in [2.75, 3.05) is 17.7 Å². The van der Waals surface area contributed by atoms with Crippen molar-refractivity contribution < 1.29 is 17.9 Å². The van der Waals surface area contributed by atoms with Gasteiger partial charge in [0.15, 0.2) is 9.84 Å². The highest BCUT2D eigenvalue weighted by Crippen LogP contribution is 2.18. The summed E-state index contributed by atoms with van der Waals surface area (Å²) in [6, 6.07) is 13.0. The lowest BCUT2D eigenvalue weighted by Crippen LogP contribution is -2.12. The molecule has 2 aromatic carbocycles. The van der Waals surface area contributed by atoms with Crippen molar-refractivity contribution in [3.05, 3.63) is 54.1 Å². The van der Waals surface area contributed by atoms with E-state index in [-0.39, 0.29) is 16.6 Å². The summed E-state index contributed by atoms with van der Waals surface area (Å²) in [7, 11) is -3.30. The van der Waals surface area contributed by atoms with Crippen molar-refractivity contribution in [2.24, 2.45) is 0 Å². The number of carbonyl (C=O) groups is 1. The van der Waals surface area contributed by atoms with Gasteiger partial charge >= 0.3 is 0 Å². The average Bonchev–Trinajstić information content (AvgIpc) is 2.56. The molecule has 0 heterocycles. The van der Waals surface area contributed by atoms with Crippen LogP contribution in [0.3, 0.4) is 0 Å². The largest absolute Gasteiger partial charge is 0.494 e. The highest BCUT2D eigenvalue weighted by atomic mass is 32.2. The van der Waals surface area contributed by atoms with E-state index in [0.29, 0.717) is 23.6 Å². The molecule has 0 atom stereocenters. The van der Waals surface area contributed by atoms with E-state index in [4.69, 9.17) is 4.74 Å². The van der Waals surface area contributed by atoms with Crippen LogP contribution < -0.4 is 10.1 Å². The average molecular weight is 333 g/mol. The summed E-state index contributed by atoms with van der Waals surface area (Å²) in [5.74, 6) is 0.405. The third-order valence-electron chi connectivity index (χ3n) is 3.26. The molecule has 2 aromatic rings. The van der Waals surface area contributed by atoms with Gasteiger partial charge in [0.1, 0.15) is 5.75 Å². The summed E-state index contributed by atoms with van der Waals surface area (Å²) in [6.07, 6.45) is 0. The second-order valence-corrected chi connectivity index (χ2v) is 7.12. The van der Waals surface area contributed by atoms with Gasteiger partial charge in [0.05, 0.1) is 17.3 Å². The summed E-state index contributed by atoms with van der Waals surface area (Å²) in [5, 5.41) is 2.70. The predicted octanol–water partition coefficient (Wildman–Crippen LogP) is 3.13. The maximum atomic E-state index is 12.2. The van der Waals surface area contributed by atoms with Crippen LogP contribution in [-0.2, 0) is 9.84 Å². The van der Waals surface area contributed by atoms with E-state index >= 15 is 0 Å². The number of ether oxygens (including phenoxy) is 1. The predicted molar refractivity (Wildman–Crippen MR) is 89.7 cm³/mol. The molecule has 0 saturated carbocycles. The van der Waals surface area contributed by atoms with Gasteiger partial charge in [-0.1, -0.05) is 13.0 Å². The topological polar surface area (TPSA) is 72.5 Å². The second-order valence-electron chi connectivity index (χ2n) is 4.84. The lowest BCUT2D eigenvalue weighted by atomic mass is 10.2. The highest BCUT2D eigenvalue weighted by Gasteiger charge is 2.13. The molecule has 0 aliphatic heterocycles. The number of hydrogen-bond acceptors (Lipinski definition) is 4. The third kappa shape index (κ3) is 4.32. The van der Waals surface area contributed by atoms with Gasteiger partial charge in [-0.3, -0.25) is 4.79 Å². The molecule has 23 heavy (non-hydrogen) atoms. The molecule has 0 aliphatic carbocycles. The van der Waals surface area contributed by atoms with E-state index in [1.165, 1.54) is 12.1 Å².